The molecule has 0 amide bonds. The van der Waals surface area contributed by atoms with E-state index < -0.39 is 5.60 Å². The summed E-state index contributed by atoms with van der Waals surface area (Å²) in [6, 6.07) is 0. The summed E-state index contributed by atoms with van der Waals surface area (Å²) < 4.78 is 5.81. The molecule has 3 heteroatoms. The standard InChI is InChI=1S/C23H35NO2/c1-5-26-17-8-11-21(2)16(14-17)6-7-18-19(21)9-12-22(3)20(18)10-13-23(22,25)15-24-4/h6,9,14,18,20,24-25H,5,7-8,10-13,15H2,1-4H3/t18?,20?,21-,22-,23+/m0/s1. The SMILES string of the molecule is CCOC1=CC2=CCC3C(=CC[C@@]4(C)C3CC[C@@]4(O)CNC)[C@@]2(C)CC1. The van der Waals surface area contributed by atoms with Gasteiger partial charge in [-0.2, -0.15) is 0 Å². The number of fused-ring (bicyclic) bond motifs is 5. The van der Waals surface area contributed by atoms with Gasteiger partial charge in [0.05, 0.1) is 18.0 Å². The molecular formula is C23H35NO2. The summed E-state index contributed by atoms with van der Waals surface area (Å²) >= 11 is 0. The van der Waals surface area contributed by atoms with Gasteiger partial charge < -0.3 is 15.2 Å². The molecule has 144 valence electrons. The largest absolute Gasteiger partial charge is 0.498 e. The second-order valence-electron chi connectivity index (χ2n) is 9.37. The molecule has 3 nitrogen and oxygen atoms in total. The van der Waals surface area contributed by atoms with Crippen molar-refractivity contribution in [3.8, 4) is 0 Å². The van der Waals surface area contributed by atoms with Crippen molar-refractivity contribution in [2.24, 2.45) is 22.7 Å². The highest BCUT2D eigenvalue weighted by Crippen LogP contribution is 2.64. The van der Waals surface area contributed by atoms with Crippen LogP contribution in [0.4, 0.5) is 0 Å². The molecule has 4 aliphatic rings. The summed E-state index contributed by atoms with van der Waals surface area (Å²) in [5, 5.41) is 14.6. The Morgan fingerprint density at radius 3 is 2.81 bits per heavy atom. The third-order valence-electron chi connectivity index (χ3n) is 8.23. The van der Waals surface area contributed by atoms with Gasteiger partial charge in [-0.1, -0.05) is 31.6 Å². The maximum absolute atomic E-state index is 11.4. The molecule has 0 aromatic heterocycles. The Hall–Kier alpha value is -1.06. The first-order valence-electron chi connectivity index (χ1n) is 10.5. The van der Waals surface area contributed by atoms with Crippen molar-refractivity contribution in [1.82, 2.24) is 5.32 Å². The zero-order valence-corrected chi connectivity index (χ0v) is 16.9. The second-order valence-corrected chi connectivity index (χ2v) is 9.37. The van der Waals surface area contributed by atoms with Gasteiger partial charge in [0.2, 0.25) is 0 Å². The smallest absolute Gasteiger partial charge is 0.0962 e. The summed E-state index contributed by atoms with van der Waals surface area (Å²) in [7, 11) is 1.96. The quantitative estimate of drug-likeness (QED) is 0.735. The molecule has 0 heterocycles. The Kier molecular flexibility index (Phi) is 4.39. The summed E-state index contributed by atoms with van der Waals surface area (Å²) in [6.07, 6.45) is 13.7. The molecule has 0 bridgehead atoms. The van der Waals surface area contributed by atoms with Crippen LogP contribution in [0.3, 0.4) is 0 Å². The number of hydrogen-bond acceptors (Lipinski definition) is 3. The number of rotatable bonds is 4. The van der Waals surface area contributed by atoms with Crippen LogP contribution < -0.4 is 5.32 Å². The van der Waals surface area contributed by atoms with Crippen LogP contribution in [0.2, 0.25) is 0 Å². The molecule has 0 aliphatic heterocycles. The van der Waals surface area contributed by atoms with E-state index in [1.165, 1.54) is 5.57 Å². The molecule has 1 saturated carbocycles. The van der Waals surface area contributed by atoms with E-state index in [0.29, 0.717) is 18.4 Å². The van der Waals surface area contributed by atoms with Gasteiger partial charge in [-0.05, 0) is 69.6 Å². The normalized spacial score (nSPS) is 44.3. The van der Waals surface area contributed by atoms with Crippen LogP contribution in [0.25, 0.3) is 0 Å². The van der Waals surface area contributed by atoms with Gasteiger partial charge in [-0.15, -0.1) is 0 Å². The first-order chi connectivity index (χ1) is 12.4. The highest BCUT2D eigenvalue weighted by molar-refractivity contribution is 5.45. The van der Waals surface area contributed by atoms with Gasteiger partial charge in [-0.3, -0.25) is 0 Å². The monoisotopic (exact) mass is 357 g/mol. The summed E-state index contributed by atoms with van der Waals surface area (Å²) in [4.78, 5) is 0. The first-order valence-corrected chi connectivity index (χ1v) is 10.5. The lowest BCUT2D eigenvalue weighted by atomic mass is 9.52. The van der Waals surface area contributed by atoms with E-state index in [9.17, 15) is 5.11 Å². The maximum Gasteiger partial charge on any atom is 0.0962 e. The van der Waals surface area contributed by atoms with Crippen LogP contribution in [0.1, 0.15) is 59.3 Å². The van der Waals surface area contributed by atoms with Gasteiger partial charge in [0.15, 0.2) is 0 Å². The number of likely N-dealkylation sites (N-methyl/N-ethyl adjacent to an activating group) is 1. The fourth-order valence-electron chi connectivity index (χ4n) is 6.60. The van der Waals surface area contributed by atoms with Gasteiger partial charge in [0.25, 0.3) is 0 Å². The topological polar surface area (TPSA) is 41.5 Å². The highest BCUT2D eigenvalue weighted by atomic mass is 16.5. The zero-order chi connectivity index (χ0) is 18.6. The van der Waals surface area contributed by atoms with Crippen molar-refractivity contribution < 1.29 is 9.84 Å². The van der Waals surface area contributed by atoms with Crippen LogP contribution in [0, 0.1) is 22.7 Å². The molecule has 0 spiro atoms. The lowest BCUT2D eigenvalue weighted by Gasteiger charge is -2.54. The fourth-order valence-corrected chi connectivity index (χ4v) is 6.60. The van der Waals surface area contributed by atoms with Crippen molar-refractivity contribution in [2.75, 3.05) is 20.2 Å². The van der Waals surface area contributed by atoms with Crippen LogP contribution >= 0.6 is 0 Å². The molecule has 26 heavy (non-hydrogen) atoms. The predicted octanol–water partition coefficient (Wildman–Crippen LogP) is 4.35. The number of allylic oxidation sites excluding steroid dienone is 6. The van der Waals surface area contributed by atoms with E-state index in [0.717, 1.165) is 50.9 Å². The fraction of sp³-hybridized carbons (Fsp3) is 0.739. The Balaban J connectivity index is 1.68. The molecule has 4 aliphatic carbocycles. The molecule has 0 radical (unpaired) electrons. The Bertz CT molecular complexity index is 678. The lowest BCUT2D eigenvalue weighted by Crippen LogP contribution is -2.54. The first kappa shape index (κ1) is 18.3. The van der Waals surface area contributed by atoms with Crippen molar-refractivity contribution in [2.45, 2.75) is 64.9 Å². The van der Waals surface area contributed by atoms with Crippen LogP contribution in [0.5, 0.6) is 0 Å². The number of ether oxygens (including phenoxy) is 1. The van der Waals surface area contributed by atoms with E-state index in [1.807, 2.05) is 7.05 Å². The molecule has 0 aromatic carbocycles. The number of hydrogen-bond donors (Lipinski definition) is 2. The number of aliphatic hydroxyl groups is 1. The molecule has 5 atom stereocenters. The second kappa shape index (κ2) is 6.24. The van der Waals surface area contributed by atoms with Crippen LogP contribution in [0.15, 0.2) is 35.1 Å². The van der Waals surface area contributed by atoms with E-state index >= 15 is 0 Å². The van der Waals surface area contributed by atoms with E-state index in [1.54, 1.807) is 5.57 Å². The third kappa shape index (κ3) is 2.39. The molecule has 0 saturated heterocycles. The Morgan fingerprint density at radius 2 is 2.08 bits per heavy atom. The van der Waals surface area contributed by atoms with Gasteiger partial charge >= 0.3 is 0 Å². The minimum Gasteiger partial charge on any atom is -0.498 e. The molecule has 2 unspecified atom stereocenters. The number of nitrogens with one attached hydrogen (secondary N) is 1. The van der Waals surface area contributed by atoms with Crippen molar-refractivity contribution in [3.63, 3.8) is 0 Å². The van der Waals surface area contributed by atoms with Crippen LogP contribution in [-0.2, 0) is 4.74 Å². The average molecular weight is 358 g/mol. The summed E-state index contributed by atoms with van der Waals surface area (Å²) in [5.41, 5.74) is 2.69. The predicted molar refractivity (Wildman–Crippen MR) is 106 cm³/mol. The molecular weight excluding hydrogens is 322 g/mol. The van der Waals surface area contributed by atoms with Gasteiger partial charge in [0, 0.05) is 23.8 Å². The minimum absolute atomic E-state index is 0.00708. The van der Waals surface area contributed by atoms with Crippen molar-refractivity contribution >= 4 is 0 Å². The molecule has 0 aromatic rings. The van der Waals surface area contributed by atoms with E-state index in [4.69, 9.17) is 4.74 Å². The Morgan fingerprint density at radius 1 is 1.27 bits per heavy atom. The Labute approximate surface area is 158 Å². The third-order valence-corrected chi connectivity index (χ3v) is 8.23. The van der Waals surface area contributed by atoms with Crippen molar-refractivity contribution in [3.05, 3.63) is 35.1 Å². The minimum atomic E-state index is -0.575. The summed E-state index contributed by atoms with van der Waals surface area (Å²) in [6.45, 7) is 8.30. The van der Waals surface area contributed by atoms with Gasteiger partial charge in [-0.25, -0.2) is 0 Å². The van der Waals surface area contributed by atoms with Gasteiger partial charge in [0.1, 0.15) is 0 Å². The molecule has 1 fully saturated rings. The van der Waals surface area contributed by atoms with E-state index in [-0.39, 0.29) is 10.8 Å². The van der Waals surface area contributed by atoms with Crippen LogP contribution in [-0.4, -0.2) is 30.9 Å². The molecule has 2 N–H and O–H groups in total. The highest BCUT2D eigenvalue weighted by Gasteiger charge is 2.60. The average Bonchev–Trinajstić information content (AvgIpc) is 2.87. The zero-order valence-electron chi connectivity index (χ0n) is 16.9. The van der Waals surface area contributed by atoms with Crippen molar-refractivity contribution in [1.29, 1.82) is 0 Å². The maximum atomic E-state index is 11.4. The van der Waals surface area contributed by atoms with E-state index in [2.05, 4.69) is 44.3 Å². The summed E-state index contributed by atoms with van der Waals surface area (Å²) in [5.74, 6) is 2.34. The lowest BCUT2D eigenvalue weighted by molar-refractivity contribution is -0.0767. The molecule has 4 rings (SSSR count).